The molecule has 4 saturated carbocycles. The fraction of sp³-hybridized carbons (Fsp3) is 0.905. The molecule has 7 saturated heterocycles. The monoisotopic (exact) mass is 1610 g/mol. The molecule has 12 aliphatic rings. The van der Waals surface area contributed by atoms with Gasteiger partial charge >= 0.3 is 17.9 Å². The van der Waals surface area contributed by atoms with Crippen molar-refractivity contribution in [1.29, 1.82) is 0 Å². The normalized spacial score (nSPS) is 52.5. The van der Waals surface area contributed by atoms with Crippen molar-refractivity contribution >= 4 is 17.9 Å². The van der Waals surface area contributed by atoms with Crippen LogP contribution in [0.4, 0.5) is 0 Å². The van der Waals surface area contributed by atoms with Crippen LogP contribution in [0.1, 0.15) is 120 Å². The molecule has 0 aromatic rings. The number of allylic oxidation sites excluding steroid dienone is 3. The highest BCUT2D eigenvalue weighted by Crippen LogP contribution is 2.76. The number of carboxylic acid groups (broad SMARTS) is 1. The summed E-state index contributed by atoms with van der Waals surface area (Å²) in [5.74, 6) is -4.80. The number of aliphatic hydroxyl groups is 19. The third-order valence-corrected chi connectivity index (χ3v) is 27.6. The molecule has 11 fully saturated rings. The van der Waals surface area contributed by atoms with Crippen LogP contribution in [0.5, 0.6) is 0 Å². The van der Waals surface area contributed by atoms with E-state index in [2.05, 4.69) is 33.8 Å². The van der Waals surface area contributed by atoms with Crippen LogP contribution in [-0.2, 0) is 85.4 Å². The van der Waals surface area contributed by atoms with E-state index in [0.717, 1.165) is 5.57 Å². The molecule has 640 valence electrons. The summed E-state index contributed by atoms with van der Waals surface area (Å²) in [6, 6.07) is 0. The Morgan fingerprint density at radius 3 is 1.63 bits per heavy atom. The van der Waals surface area contributed by atoms with Gasteiger partial charge in [-0.2, -0.15) is 0 Å². The van der Waals surface area contributed by atoms with E-state index < -0.39 is 311 Å². The fourth-order valence-electron chi connectivity index (χ4n) is 20.4. The summed E-state index contributed by atoms with van der Waals surface area (Å²) in [5, 5.41) is 223. The van der Waals surface area contributed by atoms with Crippen molar-refractivity contribution in [2.75, 3.05) is 39.6 Å². The Bertz CT molecular complexity index is 3330. The van der Waals surface area contributed by atoms with E-state index in [1.54, 1.807) is 6.92 Å². The molecule has 0 bridgehead atoms. The second kappa shape index (κ2) is 33.7. The Morgan fingerprint density at radius 2 is 1.01 bits per heavy atom. The highest BCUT2D eigenvalue weighted by molar-refractivity contribution is 5.87. The van der Waals surface area contributed by atoms with Crippen molar-refractivity contribution in [3.8, 4) is 0 Å². The molecule has 0 aromatic carbocycles. The first kappa shape index (κ1) is 87.9. The highest BCUT2D eigenvalue weighted by atomic mass is 16.8. The van der Waals surface area contributed by atoms with Crippen LogP contribution < -0.4 is 0 Å². The number of carbonyl (C=O) groups is 3. The summed E-state index contributed by atoms with van der Waals surface area (Å²) >= 11 is 0. The first-order valence-electron chi connectivity index (χ1n) is 38.7. The van der Waals surface area contributed by atoms with Gasteiger partial charge in [0, 0.05) is 5.57 Å². The first-order chi connectivity index (χ1) is 52.6. The van der Waals surface area contributed by atoms with E-state index in [1.165, 1.54) is 26.8 Å². The van der Waals surface area contributed by atoms with E-state index in [-0.39, 0.29) is 37.2 Å². The third kappa shape index (κ3) is 15.5. The topological polar surface area (TPSA) is 594 Å². The zero-order valence-corrected chi connectivity index (χ0v) is 63.9. The number of carbonyl (C=O) groups excluding carboxylic acids is 2. The van der Waals surface area contributed by atoms with Crippen LogP contribution in [0.25, 0.3) is 0 Å². The SMILES string of the molecule is C/C=C(/C)C(=O)O[C@H]1CO[C@@H](O[C@H]2[C@H](O[C@H]3[C@H](OC(=O)[C@]45CCC(C)(C)C[C@H]4C4=CC[C@@H]6[C@@]7(C)C[C@H](O)[C@H](O[C@@H]8O[C@H](CO)[C@@H](O)[C@H](O)[C@H]8O[C@@H]8O[C@H](CO)[C@@H](O)[C@H](O)[C@H]8O)[C@@](C)(C(=O)O)[C@@H]7CC[C@@]6(C)[C@]4(C)CC5)O[C@H](CO[C@@H]4OC[C@@H](O)[C@H](O)[C@H]4O[C@@H]4OC[C@H](O)[C@H](O)[C@H]4O)[C@@H](O)[C@@H]3O)O[C@@H](C)[C@H](O)[C@H]2O)[C@H](O)[C@H]1O. The average Bonchev–Trinajstić information content (AvgIpc) is 0.670. The van der Waals surface area contributed by atoms with Crippen molar-refractivity contribution in [2.45, 2.75) is 329 Å². The molecule has 7 aliphatic heterocycles. The lowest BCUT2D eigenvalue weighted by Crippen LogP contribution is -2.70. The molecular weight excluding hydrogens is 1500 g/mol. The second-order valence-corrected chi connectivity index (χ2v) is 34.7. The Balaban J connectivity index is 0.838. The molecule has 0 spiro atoms. The van der Waals surface area contributed by atoms with Crippen LogP contribution >= 0.6 is 0 Å². The molecule has 12 rings (SSSR count). The van der Waals surface area contributed by atoms with Gasteiger partial charge in [-0.15, -0.1) is 0 Å². The molecule has 20 N–H and O–H groups in total. The largest absolute Gasteiger partial charge is 0.481 e. The van der Waals surface area contributed by atoms with E-state index in [9.17, 15) is 112 Å². The van der Waals surface area contributed by atoms with Gasteiger partial charge in [-0.05, 0) is 125 Å². The van der Waals surface area contributed by atoms with Gasteiger partial charge in [0.25, 0.3) is 0 Å². The first-order valence-corrected chi connectivity index (χ1v) is 38.7. The number of fused-ring (bicyclic) bond motifs is 7. The minimum Gasteiger partial charge on any atom is -0.481 e. The minimum absolute atomic E-state index is 0.0650. The minimum atomic E-state index is -2.19. The maximum Gasteiger partial charge on any atom is 0.333 e. The van der Waals surface area contributed by atoms with E-state index in [4.69, 9.17) is 71.1 Å². The van der Waals surface area contributed by atoms with Crippen LogP contribution in [0.2, 0.25) is 0 Å². The Hall–Kier alpha value is -3.39. The highest BCUT2D eigenvalue weighted by Gasteiger charge is 2.74. The number of aliphatic carboxylic acids is 1. The van der Waals surface area contributed by atoms with Gasteiger partial charge in [-0.1, -0.05) is 52.3 Å². The number of hydrogen-bond acceptors (Lipinski definition) is 37. The molecule has 0 radical (unpaired) electrons. The van der Waals surface area contributed by atoms with Gasteiger partial charge in [-0.3, -0.25) is 9.59 Å². The van der Waals surface area contributed by atoms with Gasteiger partial charge in [0.1, 0.15) is 140 Å². The number of hydrogen-bond donors (Lipinski definition) is 20. The lowest BCUT2D eigenvalue weighted by Gasteiger charge is -2.71. The zero-order chi connectivity index (χ0) is 81.9. The quantitative estimate of drug-likeness (QED) is 0.0233. The molecular formula is C74H116O38. The third-order valence-electron chi connectivity index (χ3n) is 27.6. The van der Waals surface area contributed by atoms with Crippen LogP contribution in [0.3, 0.4) is 0 Å². The predicted octanol–water partition coefficient (Wildman–Crippen LogP) is -6.07. The van der Waals surface area contributed by atoms with Crippen LogP contribution in [-0.4, -0.2) is 369 Å². The van der Waals surface area contributed by atoms with Crippen LogP contribution in [0, 0.1) is 50.2 Å². The molecule has 38 heteroatoms. The number of esters is 2. The van der Waals surface area contributed by atoms with E-state index in [0.29, 0.717) is 32.1 Å². The Labute approximate surface area is 645 Å². The maximum absolute atomic E-state index is 16.3. The summed E-state index contributed by atoms with van der Waals surface area (Å²) in [4.78, 5) is 43.3. The Kier molecular flexibility index (Phi) is 26.4. The summed E-state index contributed by atoms with van der Waals surface area (Å²) in [6.45, 7) is 12.0. The summed E-state index contributed by atoms with van der Waals surface area (Å²) in [6.07, 6.45) is -55.6. The van der Waals surface area contributed by atoms with Gasteiger partial charge < -0.3 is 173 Å². The molecule has 112 heavy (non-hydrogen) atoms. The standard InChI is InChI=1S/C74H116O38/c1-10-27(2)59(94)103-36-25-100-61(52(92)46(36)86)108-55-48(88)40(80)28(3)102-64(55)110-57-50(90)45(85)37(26-101-63-54(42(82)33(79)24-99-63)107-60-51(91)41(81)32(78)23-98-60)106-66(57)112-68(97)74-17-15-69(4,5)19-30(74)29-11-12-38-70(6)20-31(77)58(73(9,67(95)96)39(70)13-14-72(38,8)71(29,7)16-18-74)111-65-56(49(89)44(84)35(22-76)105-65)109-62-53(93)47(87)43(83)34(21-75)104-62/h10-11,28,30-58,60-66,75-93H,12-26H2,1-9H3,(H,95,96)/b27-10-/t28-,30-,31-,32-,33+,34+,35+,36-,37+,38+,39+,40-,41-,42-,43+,44+,45+,46-,47-,48+,49-,50-,51+,52+,53+,54+,55+,56+,57+,58-,60-,61-,62-,63-,64-,65-,66-,70+,71+,72+,73-,74-/m0/s1. The number of carboxylic acids is 1. The van der Waals surface area contributed by atoms with Crippen LogP contribution in [0.15, 0.2) is 23.3 Å². The van der Waals surface area contributed by atoms with Gasteiger partial charge in [0.05, 0.1) is 62.7 Å². The zero-order valence-electron chi connectivity index (χ0n) is 63.9. The average molecular weight is 1610 g/mol. The summed E-state index contributed by atoms with van der Waals surface area (Å²) < 4.78 is 90.0. The van der Waals surface area contributed by atoms with Crippen molar-refractivity contribution in [3.63, 3.8) is 0 Å². The van der Waals surface area contributed by atoms with Gasteiger partial charge in [0.2, 0.25) is 6.29 Å². The number of aliphatic hydroxyl groups excluding tert-OH is 19. The molecule has 42 atom stereocenters. The summed E-state index contributed by atoms with van der Waals surface area (Å²) in [7, 11) is 0. The lowest BCUT2D eigenvalue weighted by molar-refractivity contribution is -0.386. The number of ether oxygens (including phenoxy) is 15. The molecule has 5 aliphatic carbocycles. The maximum atomic E-state index is 16.3. The van der Waals surface area contributed by atoms with Crippen molar-refractivity contribution in [3.05, 3.63) is 23.3 Å². The van der Waals surface area contributed by atoms with E-state index in [1.807, 2.05) is 6.92 Å². The molecule has 7 heterocycles. The van der Waals surface area contributed by atoms with Crippen molar-refractivity contribution in [2.24, 2.45) is 50.2 Å². The number of rotatable bonds is 20. The smallest absolute Gasteiger partial charge is 0.333 e. The molecule has 0 amide bonds. The second-order valence-electron chi connectivity index (χ2n) is 34.7. The Morgan fingerprint density at radius 1 is 0.500 bits per heavy atom. The fourth-order valence-corrected chi connectivity index (χ4v) is 20.4. The van der Waals surface area contributed by atoms with Crippen molar-refractivity contribution in [1.82, 2.24) is 0 Å². The van der Waals surface area contributed by atoms with Gasteiger partial charge in [0.15, 0.2) is 49.9 Å². The predicted molar refractivity (Wildman–Crippen MR) is 368 cm³/mol. The summed E-state index contributed by atoms with van der Waals surface area (Å²) in [5.41, 5.74) is -5.21. The lowest BCUT2D eigenvalue weighted by atomic mass is 9.33. The van der Waals surface area contributed by atoms with Crippen molar-refractivity contribution < 1.29 is 188 Å². The molecule has 38 nitrogen and oxygen atoms in total. The van der Waals surface area contributed by atoms with E-state index >= 15 is 4.79 Å². The molecule has 0 aromatic heterocycles. The van der Waals surface area contributed by atoms with Gasteiger partial charge in [-0.25, -0.2) is 4.79 Å². The molecule has 0 unspecified atom stereocenters.